The van der Waals surface area contributed by atoms with Crippen LogP contribution in [-0.2, 0) is 0 Å². The predicted octanol–water partition coefficient (Wildman–Crippen LogP) is 7.66. The molecular weight excluding hydrogens is 306 g/mol. The molecule has 4 heteroatoms. The third-order valence-electron chi connectivity index (χ3n) is 2.84. The molecule has 0 spiro atoms. The third kappa shape index (κ3) is 9.78. The van der Waals surface area contributed by atoms with Crippen LogP contribution in [0.15, 0.2) is 45.7 Å². The first-order valence-corrected chi connectivity index (χ1v) is 8.24. The summed E-state index contributed by atoms with van der Waals surface area (Å²) in [5, 5.41) is 9.82. The van der Waals surface area contributed by atoms with Crippen molar-refractivity contribution in [1.29, 1.82) is 0 Å². The van der Waals surface area contributed by atoms with Crippen LogP contribution in [0.25, 0.3) is 0 Å². The van der Waals surface area contributed by atoms with Gasteiger partial charge in [-0.2, -0.15) is 0 Å². The highest BCUT2D eigenvalue weighted by atomic mass is 35.5. The number of hydrogen-bond acceptors (Lipinski definition) is 1. The molecule has 0 fully saturated rings. The van der Waals surface area contributed by atoms with Gasteiger partial charge in [0.2, 0.25) is 0 Å². The maximum atomic E-state index is 12.3. The summed E-state index contributed by atoms with van der Waals surface area (Å²) in [7, 11) is 0. The lowest BCUT2D eigenvalue weighted by Gasteiger charge is -2.08. The molecule has 0 unspecified atom stereocenters. The van der Waals surface area contributed by atoms with Crippen LogP contribution in [0.2, 0.25) is 0 Å². The molecule has 128 valence electrons. The van der Waals surface area contributed by atoms with Crippen LogP contribution in [0.1, 0.15) is 67.2 Å². The van der Waals surface area contributed by atoms with E-state index >= 15 is 0 Å². The van der Waals surface area contributed by atoms with Crippen molar-refractivity contribution in [1.82, 2.24) is 0 Å². The van der Waals surface area contributed by atoms with E-state index in [4.69, 9.17) is 16.7 Å². The quantitative estimate of drug-likeness (QED) is 0.482. The maximum Gasteiger partial charge on any atom is 0.154 e. The largest absolute Gasteiger partial charge is 0.508 e. The van der Waals surface area contributed by atoms with E-state index in [1.807, 2.05) is 34.6 Å². The van der Waals surface area contributed by atoms with E-state index in [1.165, 1.54) is 6.08 Å². The highest BCUT2D eigenvalue weighted by Gasteiger charge is 2.09. The Balaban J connectivity index is 0. The number of aliphatic hydroxyl groups excluding tert-OH is 1. The molecule has 0 aliphatic heterocycles. The molecule has 1 nitrogen and oxygen atoms in total. The topological polar surface area (TPSA) is 20.2 Å². The number of rotatable bonds is 0. The Morgan fingerprint density at radius 1 is 0.909 bits per heavy atom. The van der Waals surface area contributed by atoms with Crippen molar-refractivity contribution in [3.05, 3.63) is 45.7 Å². The summed E-state index contributed by atoms with van der Waals surface area (Å²) in [6, 6.07) is 0. The molecule has 0 heterocycles. The third-order valence-corrected chi connectivity index (χ3v) is 3.14. The van der Waals surface area contributed by atoms with Gasteiger partial charge in [-0.25, -0.2) is 8.78 Å². The molecule has 1 N–H and O–H groups in total. The zero-order valence-electron chi connectivity index (χ0n) is 14.6. The van der Waals surface area contributed by atoms with Crippen LogP contribution < -0.4 is 0 Å². The lowest BCUT2D eigenvalue weighted by molar-refractivity contribution is 0.419. The van der Waals surface area contributed by atoms with Crippen LogP contribution in [0.4, 0.5) is 8.78 Å². The Labute approximate surface area is 139 Å². The van der Waals surface area contributed by atoms with Gasteiger partial charge in [-0.1, -0.05) is 44.9 Å². The van der Waals surface area contributed by atoms with Crippen molar-refractivity contribution in [2.45, 2.75) is 67.2 Å². The molecule has 2 aliphatic carbocycles. The van der Waals surface area contributed by atoms with E-state index in [0.717, 1.165) is 29.0 Å². The van der Waals surface area contributed by atoms with E-state index in [0.29, 0.717) is 12.2 Å². The first-order chi connectivity index (χ1) is 10.4. The Kier molecular flexibility index (Phi) is 14.3. The standard InChI is InChI=1S/C7H9ClO.C7H8F2.2C2H6/c1-5-2-3-6(8)4-7(5)9;1-5-2-3-6(8)7(9)4-5;2*1-2/h4,9H,2-3H2,1H3;4H,2-3H2,1H3;2*1-2H3. The molecule has 2 aliphatic rings. The molecule has 0 amide bonds. The fourth-order valence-electron chi connectivity index (χ4n) is 1.57. The minimum absolute atomic E-state index is 0.230. The number of halogens is 3. The Hall–Kier alpha value is -1.09. The molecule has 22 heavy (non-hydrogen) atoms. The van der Waals surface area contributed by atoms with Crippen LogP contribution in [0.3, 0.4) is 0 Å². The molecule has 0 aromatic rings. The minimum atomic E-state index is -0.696. The fourth-order valence-corrected chi connectivity index (χ4v) is 1.77. The molecule has 0 atom stereocenters. The normalized spacial score (nSPS) is 17.0. The average molecular weight is 335 g/mol. The predicted molar refractivity (Wildman–Crippen MR) is 93.4 cm³/mol. The second-order valence-corrected chi connectivity index (χ2v) is 4.99. The van der Waals surface area contributed by atoms with Crippen molar-refractivity contribution in [2.75, 3.05) is 0 Å². The smallest absolute Gasteiger partial charge is 0.154 e. The van der Waals surface area contributed by atoms with Gasteiger partial charge in [0.25, 0.3) is 0 Å². The van der Waals surface area contributed by atoms with Gasteiger partial charge in [-0.15, -0.1) is 0 Å². The second kappa shape index (κ2) is 13.6. The molecule has 0 aromatic carbocycles. The number of aliphatic hydroxyl groups is 1. The molecule has 0 bridgehead atoms. The van der Waals surface area contributed by atoms with Crippen molar-refractivity contribution < 1.29 is 13.9 Å². The van der Waals surface area contributed by atoms with Gasteiger partial charge >= 0.3 is 0 Å². The summed E-state index contributed by atoms with van der Waals surface area (Å²) in [5.74, 6) is -0.967. The van der Waals surface area contributed by atoms with Crippen molar-refractivity contribution in [3.8, 4) is 0 Å². The van der Waals surface area contributed by atoms with Gasteiger partial charge in [-0.05, 0) is 50.8 Å². The average Bonchev–Trinajstić information content (AvgIpc) is 2.52. The first kappa shape index (κ1) is 23.2. The summed E-state index contributed by atoms with van der Waals surface area (Å²) < 4.78 is 24.5. The molecule has 0 aromatic heterocycles. The van der Waals surface area contributed by atoms with Gasteiger partial charge < -0.3 is 5.11 Å². The first-order valence-electron chi connectivity index (χ1n) is 7.86. The Bertz CT molecular complexity index is 404. The van der Waals surface area contributed by atoms with E-state index in [-0.39, 0.29) is 6.42 Å². The Morgan fingerprint density at radius 3 is 1.82 bits per heavy atom. The van der Waals surface area contributed by atoms with Gasteiger partial charge in [0.05, 0.1) is 0 Å². The van der Waals surface area contributed by atoms with E-state index in [1.54, 1.807) is 13.0 Å². The maximum absolute atomic E-state index is 12.3. The highest BCUT2D eigenvalue weighted by molar-refractivity contribution is 6.29. The summed E-state index contributed by atoms with van der Waals surface area (Å²) in [6.07, 6.45) is 5.51. The molecular formula is C18H29ClF2O. The molecule has 2 rings (SSSR count). The summed E-state index contributed by atoms with van der Waals surface area (Å²) >= 11 is 5.64. The van der Waals surface area contributed by atoms with Gasteiger partial charge in [0, 0.05) is 11.5 Å². The minimum Gasteiger partial charge on any atom is -0.508 e. The second-order valence-electron chi connectivity index (χ2n) is 4.50. The van der Waals surface area contributed by atoms with E-state index in [2.05, 4.69) is 0 Å². The zero-order chi connectivity index (χ0) is 17.7. The van der Waals surface area contributed by atoms with Crippen LogP contribution in [0, 0.1) is 0 Å². The van der Waals surface area contributed by atoms with Crippen LogP contribution >= 0.6 is 11.6 Å². The van der Waals surface area contributed by atoms with Crippen LogP contribution in [-0.4, -0.2) is 5.11 Å². The molecule has 0 saturated heterocycles. The number of allylic oxidation sites excluding steroid dienone is 7. The lowest BCUT2D eigenvalue weighted by atomic mass is 10.1. The molecule has 0 saturated carbocycles. The van der Waals surface area contributed by atoms with E-state index in [9.17, 15) is 8.78 Å². The monoisotopic (exact) mass is 334 g/mol. The SMILES string of the molecule is CC.CC.CC1=C(O)C=C(Cl)CC1.CC1=CC(F)=C(F)CC1. The van der Waals surface area contributed by atoms with Crippen molar-refractivity contribution in [3.63, 3.8) is 0 Å². The number of hydrogen-bond donors (Lipinski definition) is 1. The van der Waals surface area contributed by atoms with Crippen LogP contribution in [0.5, 0.6) is 0 Å². The Morgan fingerprint density at radius 2 is 1.45 bits per heavy atom. The fraction of sp³-hybridized carbons (Fsp3) is 0.556. The van der Waals surface area contributed by atoms with Crippen molar-refractivity contribution >= 4 is 11.6 Å². The highest BCUT2D eigenvalue weighted by Crippen LogP contribution is 2.25. The summed E-state index contributed by atoms with van der Waals surface area (Å²) in [4.78, 5) is 0. The van der Waals surface area contributed by atoms with Gasteiger partial charge in [-0.3, -0.25) is 0 Å². The molecule has 0 radical (unpaired) electrons. The van der Waals surface area contributed by atoms with Gasteiger partial charge in [0.1, 0.15) is 11.6 Å². The zero-order valence-corrected chi connectivity index (χ0v) is 15.3. The lowest BCUT2D eigenvalue weighted by Crippen LogP contribution is -1.92. The van der Waals surface area contributed by atoms with E-state index < -0.39 is 11.7 Å². The summed E-state index contributed by atoms with van der Waals surface area (Å²) in [5.41, 5.74) is 1.94. The van der Waals surface area contributed by atoms with Gasteiger partial charge in [0.15, 0.2) is 5.83 Å². The van der Waals surface area contributed by atoms with Crippen molar-refractivity contribution in [2.24, 2.45) is 0 Å². The summed E-state index contributed by atoms with van der Waals surface area (Å²) in [6.45, 7) is 11.7.